The Morgan fingerprint density at radius 1 is 1.20 bits per heavy atom. The summed E-state index contributed by atoms with van der Waals surface area (Å²) in [5.74, 6) is 0.633. The van der Waals surface area contributed by atoms with E-state index in [1.807, 2.05) is 34.5 Å². The van der Waals surface area contributed by atoms with Crippen LogP contribution in [0.4, 0.5) is 9.52 Å². The number of ether oxygens (including phenoxy) is 1. The van der Waals surface area contributed by atoms with E-state index in [0.29, 0.717) is 6.42 Å². The maximum Gasteiger partial charge on any atom is 0.227 e. The fourth-order valence-corrected chi connectivity index (χ4v) is 4.46. The summed E-state index contributed by atoms with van der Waals surface area (Å²) < 4.78 is 18.5. The number of anilines is 1. The molecule has 1 aliphatic heterocycles. The Morgan fingerprint density at radius 3 is 2.67 bits per heavy atom. The molecule has 1 amide bonds. The fourth-order valence-electron chi connectivity index (χ4n) is 3.66. The summed E-state index contributed by atoms with van der Waals surface area (Å²) in [6.45, 7) is 1.45. The quantitative estimate of drug-likeness (QED) is 0.627. The molecule has 4 rings (SSSR count). The van der Waals surface area contributed by atoms with Crippen LogP contribution in [0.25, 0.3) is 11.3 Å². The van der Waals surface area contributed by atoms with Crippen LogP contribution in [-0.4, -0.2) is 42.0 Å². The third-order valence-corrected chi connectivity index (χ3v) is 6.13. The monoisotopic (exact) mass is 425 g/mol. The summed E-state index contributed by atoms with van der Waals surface area (Å²) >= 11 is 1.54. The molecule has 7 heteroatoms. The molecule has 2 heterocycles. The van der Waals surface area contributed by atoms with E-state index in [-0.39, 0.29) is 17.8 Å². The Bertz CT molecular complexity index is 998. The number of hydrogen-bond donors (Lipinski definition) is 1. The van der Waals surface area contributed by atoms with Crippen LogP contribution in [0.2, 0.25) is 0 Å². The number of benzene rings is 2. The largest absolute Gasteiger partial charge is 0.496 e. The Labute approximate surface area is 179 Å². The van der Waals surface area contributed by atoms with E-state index in [1.165, 1.54) is 12.1 Å². The minimum absolute atomic E-state index is 0.130. The third-order valence-electron chi connectivity index (χ3n) is 5.35. The van der Waals surface area contributed by atoms with E-state index in [0.717, 1.165) is 53.6 Å². The van der Waals surface area contributed by atoms with Crippen molar-refractivity contribution in [2.24, 2.45) is 0 Å². The van der Waals surface area contributed by atoms with Crippen LogP contribution < -0.4 is 10.1 Å². The van der Waals surface area contributed by atoms with Gasteiger partial charge in [-0.2, -0.15) is 0 Å². The van der Waals surface area contributed by atoms with Gasteiger partial charge in [-0.1, -0.05) is 18.2 Å². The summed E-state index contributed by atoms with van der Waals surface area (Å²) in [4.78, 5) is 19.2. The van der Waals surface area contributed by atoms with Gasteiger partial charge in [-0.05, 0) is 43.2 Å². The van der Waals surface area contributed by atoms with Gasteiger partial charge < -0.3 is 15.0 Å². The molecular formula is C23H24FN3O2S. The van der Waals surface area contributed by atoms with Crippen molar-refractivity contribution in [3.63, 3.8) is 0 Å². The molecule has 0 bridgehead atoms. The molecule has 1 aliphatic rings. The van der Waals surface area contributed by atoms with Gasteiger partial charge in [0.15, 0.2) is 5.13 Å². The first kappa shape index (κ1) is 20.3. The van der Waals surface area contributed by atoms with E-state index >= 15 is 0 Å². The number of thiazole rings is 1. The van der Waals surface area contributed by atoms with Crippen molar-refractivity contribution in [2.75, 3.05) is 25.5 Å². The smallest absolute Gasteiger partial charge is 0.227 e. The predicted molar refractivity (Wildman–Crippen MR) is 117 cm³/mol. The lowest BCUT2D eigenvalue weighted by Crippen LogP contribution is -2.43. The van der Waals surface area contributed by atoms with E-state index in [9.17, 15) is 9.18 Å². The molecule has 0 spiro atoms. The van der Waals surface area contributed by atoms with E-state index in [4.69, 9.17) is 4.74 Å². The second-order valence-corrected chi connectivity index (χ2v) is 8.19. The molecule has 0 saturated carbocycles. The molecule has 0 unspecified atom stereocenters. The first-order chi connectivity index (χ1) is 14.6. The van der Waals surface area contributed by atoms with E-state index in [1.54, 1.807) is 30.6 Å². The van der Waals surface area contributed by atoms with Crippen molar-refractivity contribution >= 4 is 22.4 Å². The number of nitrogens with one attached hydrogen (secondary N) is 1. The minimum Gasteiger partial charge on any atom is -0.496 e. The molecular weight excluding hydrogens is 401 g/mol. The Balaban J connectivity index is 1.29. The Morgan fingerprint density at radius 2 is 1.93 bits per heavy atom. The molecule has 5 nitrogen and oxygen atoms in total. The molecule has 1 aromatic heterocycles. The van der Waals surface area contributed by atoms with Gasteiger partial charge in [0.25, 0.3) is 0 Å². The van der Waals surface area contributed by atoms with Gasteiger partial charge in [0.1, 0.15) is 11.6 Å². The maximum atomic E-state index is 13.1. The molecule has 1 fully saturated rings. The molecule has 0 aliphatic carbocycles. The zero-order valence-corrected chi connectivity index (χ0v) is 17.6. The molecule has 3 aromatic rings. The highest BCUT2D eigenvalue weighted by atomic mass is 32.1. The highest BCUT2D eigenvalue weighted by Crippen LogP contribution is 2.27. The zero-order valence-electron chi connectivity index (χ0n) is 16.8. The number of para-hydroxylation sites is 1. The van der Waals surface area contributed by atoms with E-state index in [2.05, 4.69) is 10.3 Å². The van der Waals surface area contributed by atoms with Crippen LogP contribution in [0.1, 0.15) is 18.4 Å². The van der Waals surface area contributed by atoms with E-state index < -0.39 is 0 Å². The van der Waals surface area contributed by atoms with Crippen molar-refractivity contribution in [1.29, 1.82) is 0 Å². The number of halogens is 1. The summed E-state index contributed by atoms with van der Waals surface area (Å²) in [6, 6.07) is 14.3. The van der Waals surface area contributed by atoms with Crippen molar-refractivity contribution < 1.29 is 13.9 Å². The lowest BCUT2D eigenvalue weighted by molar-refractivity contribution is -0.131. The van der Waals surface area contributed by atoms with Crippen molar-refractivity contribution in [3.05, 3.63) is 65.3 Å². The second kappa shape index (κ2) is 9.26. The lowest BCUT2D eigenvalue weighted by Gasteiger charge is -2.32. The number of nitrogens with zero attached hydrogens (tertiary/aromatic N) is 2. The molecule has 0 radical (unpaired) electrons. The number of carbonyl (C=O) groups is 1. The van der Waals surface area contributed by atoms with Crippen LogP contribution in [-0.2, 0) is 11.2 Å². The summed E-state index contributed by atoms with van der Waals surface area (Å²) in [5.41, 5.74) is 2.66. The zero-order chi connectivity index (χ0) is 20.9. The number of amides is 1. The van der Waals surface area contributed by atoms with Gasteiger partial charge >= 0.3 is 0 Å². The second-order valence-electron chi connectivity index (χ2n) is 7.33. The molecule has 2 aromatic carbocycles. The van der Waals surface area contributed by atoms with Crippen LogP contribution >= 0.6 is 11.3 Å². The maximum absolute atomic E-state index is 13.1. The number of hydrogen-bond acceptors (Lipinski definition) is 5. The van der Waals surface area contributed by atoms with Crippen LogP contribution in [0.5, 0.6) is 5.75 Å². The average molecular weight is 426 g/mol. The van der Waals surface area contributed by atoms with Gasteiger partial charge in [-0.25, -0.2) is 9.37 Å². The predicted octanol–water partition coefficient (Wildman–Crippen LogP) is 4.60. The average Bonchev–Trinajstić information content (AvgIpc) is 3.23. The number of aromatic nitrogens is 1. The molecule has 30 heavy (non-hydrogen) atoms. The Hall–Kier alpha value is -2.93. The summed E-state index contributed by atoms with van der Waals surface area (Å²) in [5, 5.41) is 6.31. The van der Waals surface area contributed by atoms with Crippen LogP contribution in [0.15, 0.2) is 53.9 Å². The van der Waals surface area contributed by atoms with Crippen molar-refractivity contribution in [3.8, 4) is 17.0 Å². The molecule has 0 atom stereocenters. The lowest BCUT2D eigenvalue weighted by atomic mass is 10.0. The molecule has 156 valence electrons. The summed E-state index contributed by atoms with van der Waals surface area (Å²) in [7, 11) is 1.63. The number of rotatable bonds is 6. The standard InChI is InChI=1S/C23H24FN3O2S/c1-29-21-5-3-2-4-17(21)14-22(28)27-12-10-19(11-13-27)25-23-26-20(15-30-23)16-6-8-18(24)9-7-16/h2-9,15,19H,10-14H2,1H3,(H,25,26). The normalized spacial score (nSPS) is 14.5. The topological polar surface area (TPSA) is 54.5 Å². The van der Waals surface area contributed by atoms with Gasteiger partial charge in [0.2, 0.25) is 5.91 Å². The number of methoxy groups -OCH3 is 1. The SMILES string of the molecule is COc1ccccc1CC(=O)N1CCC(Nc2nc(-c3ccc(F)cc3)cs2)CC1. The van der Waals surface area contributed by atoms with Crippen LogP contribution in [0.3, 0.4) is 0 Å². The van der Waals surface area contributed by atoms with Gasteiger partial charge in [-0.3, -0.25) is 4.79 Å². The molecule has 1 N–H and O–H groups in total. The first-order valence-electron chi connectivity index (χ1n) is 10.00. The number of carbonyl (C=O) groups excluding carboxylic acids is 1. The third kappa shape index (κ3) is 4.79. The Kier molecular flexibility index (Phi) is 6.28. The number of likely N-dealkylation sites (tertiary alicyclic amines) is 1. The van der Waals surface area contributed by atoms with Gasteiger partial charge in [0, 0.05) is 35.6 Å². The van der Waals surface area contributed by atoms with Crippen LogP contribution in [0, 0.1) is 5.82 Å². The highest BCUT2D eigenvalue weighted by molar-refractivity contribution is 7.14. The first-order valence-corrected chi connectivity index (χ1v) is 10.9. The number of piperidine rings is 1. The highest BCUT2D eigenvalue weighted by Gasteiger charge is 2.24. The van der Waals surface area contributed by atoms with Gasteiger partial charge in [-0.15, -0.1) is 11.3 Å². The van der Waals surface area contributed by atoms with Gasteiger partial charge in [0.05, 0.1) is 19.2 Å². The minimum atomic E-state index is -0.251. The van der Waals surface area contributed by atoms with Crippen molar-refractivity contribution in [1.82, 2.24) is 9.88 Å². The summed E-state index contributed by atoms with van der Waals surface area (Å²) in [6.07, 6.45) is 2.11. The fraction of sp³-hybridized carbons (Fsp3) is 0.304. The van der Waals surface area contributed by atoms with Crippen molar-refractivity contribution in [2.45, 2.75) is 25.3 Å². The molecule has 1 saturated heterocycles.